The number of aryl methyl sites for hydroxylation is 4. The second kappa shape index (κ2) is 6.16. The first-order valence-electron chi connectivity index (χ1n) is 9.29. The number of benzene rings is 1. The average Bonchev–Trinajstić information content (AvgIpc) is 3.35. The molecule has 0 spiro atoms. The van der Waals surface area contributed by atoms with E-state index in [2.05, 4.69) is 36.4 Å². The third-order valence-corrected chi connectivity index (χ3v) is 5.38. The topological polar surface area (TPSA) is 106 Å². The Morgan fingerprint density at radius 3 is 2.48 bits per heavy atom. The van der Waals surface area contributed by atoms with Crippen LogP contribution in [-0.4, -0.2) is 37.4 Å². The number of hydrogen-bond donors (Lipinski definition) is 2. The minimum absolute atomic E-state index is 0.739. The van der Waals surface area contributed by atoms with E-state index in [9.17, 15) is 0 Å². The number of H-pyrrole nitrogens is 2. The molecule has 146 valence electrons. The summed E-state index contributed by atoms with van der Waals surface area (Å²) in [5, 5.41) is 13.4. The molecule has 0 radical (unpaired) electrons. The van der Waals surface area contributed by atoms with Gasteiger partial charge in [0.2, 0.25) is 0 Å². The molecule has 1 aromatic carbocycles. The maximum Gasteiger partial charge on any atom is 0.142 e. The Hall–Kier alpha value is -3.68. The fourth-order valence-electron chi connectivity index (χ4n) is 4.07. The first-order chi connectivity index (χ1) is 14.0. The van der Waals surface area contributed by atoms with Crippen LogP contribution in [0.15, 0.2) is 23.0 Å². The average molecular weight is 388 g/mol. The lowest BCUT2D eigenvalue weighted by molar-refractivity contribution is 0.393. The highest BCUT2D eigenvalue weighted by Crippen LogP contribution is 2.41. The van der Waals surface area contributed by atoms with Crippen molar-refractivity contribution in [2.45, 2.75) is 27.7 Å². The van der Waals surface area contributed by atoms with Crippen molar-refractivity contribution in [1.29, 1.82) is 0 Å². The lowest BCUT2D eigenvalue weighted by Crippen LogP contribution is -1.91. The van der Waals surface area contributed by atoms with E-state index in [4.69, 9.17) is 9.26 Å². The van der Waals surface area contributed by atoms with Gasteiger partial charge in [0.15, 0.2) is 0 Å². The lowest BCUT2D eigenvalue weighted by atomic mass is 9.99. The van der Waals surface area contributed by atoms with Crippen molar-refractivity contribution < 1.29 is 9.26 Å². The van der Waals surface area contributed by atoms with E-state index in [0.29, 0.717) is 0 Å². The SMILES string of the molecule is COc1cc2c(cc1-c1c(C)noc1C)[nH]c1ncnc(-c3c(C)n[nH]c3C)c12. The van der Waals surface area contributed by atoms with E-state index >= 15 is 0 Å². The van der Waals surface area contributed by atoms with Crippen molar-refractivity contribution in [3.8, 4) is 28.1 Å². The normalized spacial score (nSPS) is 11.6. The van der Waals surface area contributed by atoms with Gasteiger partial charge in [0.25, 0.3) is 0 Å². The molecule has 0 aliphatic rings. The minimum Gasteiger partial charge on any atom is -0.496 e. The van der Waals surface area contributed by atoms with Crippen LogP contribution in [0.1, 0.15) is 22.8 Å². The molecule has 0 aliphatic carbocycles. The van der Waals surface area contributed by atoms with Crippen LogP contribution in [0, 0.1) is 27.7 Å². The fraction of sp³-hybridized carbons (Fsp3) is 0.238. The predicted octanol–water partition coefficient (Wildman–Crippen LogP) is 4.40. The zero-order valence-corrected chi connectivity index (χ0v) is 16.8. The standard InChI is InChI=1S/C21H20N6O2/c1-9-17(10(2)26-25-9)20-19-13-7-16(28-5)14(18-11(3)27-29-12(18)4)6-15(13)24-21(19)23-8-22-20/h6-8H,1-5H3,(H,25,26)(H,22,23,24). The molecule has 0 bridgehead atoms. The third-order valence-electron chi connectivity index (χ3n) is 5.38. The van der Waals surface area contributed by atoms with Gasteiger partial charge in [0, 0.05) is 27.7 Å². The van der Waals surface area contributed by atoms with Gasteiger partial charge < -0.3 is 14.2 Å². The maximum atomic E-state index is 5.74. The lowest BCUT2D eigenvalue weighted by Gasteiger charge is -2.09. The predicted molar refractivity (Wildman–Crippen MR) is 110 cm³/mol. The van der Waals surface area contributed by atoms with Gasteiger partial charge in [-0.2, -0.15) is 5.10 Å². The molecule has 4 aromatic heterocycles. The Morgan fingerprint density at radius 2 is 1.83 bits per heavy atom. The van der Waals surface area contributed by atoms with Crippen LogP contribution in [0.25, 0.3) is 44.3 Å². The van der Waals surface area contributed by atoms with E-state index in [1.54, 1.807) is 13.4 Å². The van der Waals surface area contributed by atoms with Crippen molar-refractivity contribution in [2.24, 2.45) is 0 Å². The summed E-state index contributed by atoms with van der Waals surface area (Å²) in [6.07, 6.45) is 1.57. The molecule has 0 unspecified atom stereocenters. The number of rotatable bonds is 3. The molecule has 4 heterocycles. The molecule has 5 rings (SSSR count). The van der Waals surface area contributed by atoms with Gasteiger partial charge in [-0.15, -0.1) is 0 Å². The highest BCUT2D eigenvalue weighted by Gasteiger charge is 2.22. The Labute approximate surface area is 166 Å². The summed E-state index contributed by atoms with van der Waals surface area (Å²) in [7, 11) is 1.67. The Bertz CT molecular complexity index is 1350. The van der Waals surface area contributed by atoms with Crippen LogP contribution in [-0.2, 0) is 0 Å². The smallest absolute Gasteiger partial charge is 0.142 e. The van der Waals surface area contributed by atoms with E-state index < -0.39 is 0 Å². The number of fused-ring (bicyclic) bond motifs is 3. The van der Waals surface area contributed by atoms with Crippen LogP contribution in [0.2, 0.25) is 0 Å². The van der Waals surface area contributed by atoms with Crippen molar-refractivity contribution in [3.63, 3.8) is 0 Å². The van der Waals surface area contributed by atoms with Gasteiger partial charge >= 0.3 is 0 Å². The van der Waals surface area contributed by atoms with E-state index in [-0.39, 0.29) is 0 Å². The van der Waals surface area contributed by atoms with Crippen LogP contribution in [0.3, 0.4) is 0 Å². The van der Waals surface area contributed by atoms with Crippen LogP contribution in [0.5, 0.6) is 5.75 Å². The molecule has 29 heavy (non-hydrogen) atoms. The van der Waals surface area contributed by atoms with Crippen LogP contribution >= 0.6 is 0 Å². The summed E-state index contributed by atoms with van der Waals surface area (Å²) in [5.74, 6) is 1.49. The third kappa shape index (κ3) is 2.45. The number of methoxy groups -OCH3 is 1. The number of nitrogens with one attached hydrogen (secondary N) is 2. The summed E-state index contributed by atoms with van der Waals surface area (Å²) < 4.78 is 11.1. The maximum absolute atomic E-state index is 5.74. The van der Waals surface area contributed by atoms with E-state index in [1.165, 1.54) is 0 Å². The van der Waals surface area contributed by atoms with Crippen molar-refractivity contribution in [2.75, 3.05) is 7.11 Å². The molecule has 0 atom stereocenters. The molecule has 8 nitrogen and oxygen atoms in total. The summed E-state index contributed by atoms with van der Waals surface area (Å²) in [4.78, 5) is 12.5. The Balaban J connectivity index is 1.87. The molecular formula is C21H20N6O2. The Morgan fingerprint density at radius 1 is 1.00 bits per heavy atom. The van der Waals surface area contributed by atoms with Crippen molar-refractivity contribution in [3.05, 3.63) is 41.3 Å². The molecule has 0 aliphatic heterocycles. The van der Waals surface area contributed by atoms with Gasteiger partial charge in [-0.1, -0.05) is 5.16 Å². The van der Waals surface area contributed by atoms with Gasteiger partial charge in [-0.25, -0.2) is 9.97 Å². The molecule has 5 aromatic rings. The first-order valence-corrected chi connectivity index (χ1v) is 9.29. The van der Waals surface area contributed by atoms with Gasteiger partial charge in [0.1, 0.15) is 23.5 Å². The molecule has 2 N–H and O–H groups in total. The summed E-state index contributed by atoms with van der Waals surface area (Å²) in [6.45, 7) is 7.79. The van der Waals surface area contributed by atoms with E-state index in [1.807, 2.05) is 33.8 Å². The number of ether oxygens (including phenoxy) is 1. The zero-order chi connectivity index (χ0) is 20.3. The summed E-state index contributed by atoms with van der Waals surface area (Å²) >= 11 is 0. The largest absolute Gasteiger partial charge is 0.496 e. The van der Waals surface area contributed by atoms with Gasteiger partial charge in [0.05, 0.1) is 35.1 Å². The Kier molecular flexibility index (Phi) is 3.70. The monoisotopic (exact) mass is 388 g/mol. The molecule has 8 heteroatoms. The number of nitrogens with zero attached hydrogens (tertiary/aromatic N) is 4. The number of aromatic nitrogens is 6. The first kappa shape index (κ1) is 17.4. The highest BCUT2D eigenvalue weighted by atomic mass is 16.5. The molecule has 0 saturated carbocycles. The van der Waals surface area contributed by atoms with Crippen molar-refractivity contribution >= 4 is 21.9 Å². The van der Waals surface area contributed by atoms with Crippen LogP contribution < -0.4 is 4.74 Å². The quantitative estimate of drug-likeness (QED) is 0.475. The minimum atomic E-state index is 0.739. The van der Waals surface area contributed by atoms with Gasteiger partial charge in [-0.3, -0.25) is 5.10 Å². The number of hydrogen-bond acceptors (Lipinski definition) is 6. The van der Waals surface area contributed by atoms with E-state index in [0.717, 1.165) is 72.9 Å². The van der Waals surface area contributed by atoms with Crippen molar-refractivity contribution in [1.82, 2.24) is 30.3 Å². The molecule has 0 saturated heterocycles. The molecule has 0 amide bonds. The second-order valence-corrected chi connectivity index (χ2v) is 7.18. The molecular weight excluding hydrogens is 368 g/mol. The van der Waals surface area contributed by atoms with Crippen LogP contribution in [0.4, 0.5) is 0 Å². The highest BCUT2D eigenvalue weighted by molar-refractivity contribution is 6.13. The fourth-order valence-corrected chi connectivity index (χ4v) is 4.07. The molecule has 0 fully saturated rings. The van der Waals surface area contributed by atoms with Gasteiger partial charge in [-0.05, 0) is 39.8 Å². The summed E-state index contributed by atoms with van der Waals surface area (Å²) in [6, 6.07) is 4.08. The summed E-state index contributed by atoms with van der Waals surface area (Å²) in [5.41, 5.74) is 8.10. The number of aromatic amines is 2. The zero-order valence-electron chi connectivity index (χ0n) is 16.8. The second-order valence-electron chi connectivity index (χ2n) is 7.18.